The maximum atomic E-state index is 13.3. The topological polar surface area (TPSA) is 50.4 Å². The molecule has 0 amide bonds. The van der Waals surface area contributed by atoms with Crippen LogP contribution in [0.5, 0.6) is 0 Å². The molecule has 92 valence electrons. The van der Waals surface area contributed by atoms with Gasteiger partial charge < -0.3 is 11.1 Å². The number of nitrogens with zero attached hydrogens (tertiary/aromatic N) is 1. The molecule has 1 aliphatic carbocycles. The molecule has 2 rings (SSSR count). The van der Waals surface area contributed by atoms with E-state index in [4.69, 9.17) is 5.73 Å². The third-order valence-electron chi connectivity index (χ3n) is 2.95. The Morgan fingerprint density at radius 3 is 2.71 bits per heavy atom. The first kappa shape index (κ1) is 11.8. The van der Waals surface area contributed by atoms with Crippen molar-refractivity contribution in [1.82, 2.24) is 0 Å². The Kier molecular flexibility index (Phi) is 2.77. The number of rotatable bonds is 2. The fourth-order valence-electron chi connectivity index (χ4n) is 1.59. The Morgan fingerprint density at radius 2 is 2.12 bits per heavy atom. The van der Waals surface area contributed by atoms with Crippen LogP contribution in [0.15, 0.2) is 23.2 Å². The highest BCUT2D eigenvalue weighted by Crippen LogP contribution is 2.47. The average molecular weight is 239 g/mol. The third kappa shape index (κ3) is 2.72. The Labute approximate surface area is 98.7 Å². The minimum atomic E-state index is -0.556. The fourth-order valence-corrected chi connectivity index (χ4v) is 1.59. The number of halogens is 2. The zero-order valence-corrected chi connectivity index (χ0v) is 9.80. The van der Waals surface area contributed by atoms with Crippen molar-refractivity contribution < 1.29 is 8.78 Å². The van der Waals surface area contributed by atoms with Crippen molar-refractivity contribution >= 4 is 11.6 Å². The molecule has 17 heavy (non-hydrogen) atoms. The van der Waals surface area contributed by atoms with Gasteiger partial charge >= 0.3 is 0 Å². The highest BCUT2D eigenvalue weighted by Gasteiger charge is 2.45. The highest BCUT2D eigenvalue weighted by atomic mass is 19.1. The van der Waals surface area contributed by atoms with Crippen molar-refractivity contribution in [2.45, 2.75) is 26.3 Å². The number of hydrogen-bond acceptors (Lipinski definition) is 1. The van der Waals surface area contributed by atoms with E-state index in [1.165, 1.54) is 0 Å². The number of aliphatic imine (C=N–C) groups is 1. The number of nitrogens with two attached hydrogens (primary N) is 1. The smallest absolute Gasteiger partial charge is 0.193 e. The van der Waals surface area contributed by atoms with Crippen molar-refractivity contribution in [3.63, 3.8) is 0 Å². The number of nitrogens with one attached hydrogen (secondary N) is 1. The van der Waals surface area contributed by atoms with Gasteiger partial charge in [0.1, 0.15) is 11.6 Å². The zero-order valence-electron chi connectivity index (χ0n) is 9.80. The Bertz CT molecular complexity index is 469. The van der Waals surface area contributed by atoms with Gasteiger partial charge in [0, 0.05) is 6.07 Å². The minimum Gasteiger partial charge on any atom is -0.370 e. The molecule has 0 radical (unpaired) electrons. The first-order chi connectivity index (χ1) is 7.88. The van der Waals surface area contributed by atoms with E-state index in [1.54, 1.807) is 0 Å². The van der Waals surface area contributed by atoms with E-state index in [1.807, 2.05) is 0 Å². The van der Waals surface area contributed by atoms with Gasteiger partial charge in [0.15, 0.2) is 5.96 Å². The van der Waals surface area contributed by atoms with Gasteiger partial charge in [-0.1, -0.05) is 13.8 Å². The van der Waals surface area contributed by atoms with Crippen LogP contribution >= 0.6 is 0 Å². The quantitative estimate of drug-likeness (QED) is 0.615. The molecule has 0 aliphatic heterocycles. The lowest BCUT2D eigenvalue weighted by Crippen LogP contribution is -2.24. The molecule has 1 saturated carbocycles. The molecule has 1 aliphatic rings. The van der Waals surface area contributed by atoms with Crippen LogP contribution in [0, 0.1) is 17.0 Å². The first-order valence-corrected chi connectivity index (χ1v) is 5.44. The normalized spacial score (nSPS) is 22.4. The molecule has 0 unspecified atom stereocenters. The van der Waals surface area contributed by atoms with Crippen molar-refractivity contribution in [1.29, 1.82) is 0 Å². The van der Waals surface area contributed by atoms with Crippen molar-refractivity contribution in [2.24, 2.45) is 16.1 Å². The summed E-state index contributed by atoms with van der Waals surface area (Å²) >= 11 is 0. The summed E-state index contributed by atoms with van der Waals surface area (Å²) < 4.78 is 26.2. The second-order valence-electron chi connectivity index (χ2n) is 4.97. The lowest BCUT2D eigenvalue weighted by atomic mass is 10.2. The van der Waals surface area contributed by atoms with Gasteiger partial charge in [-0.05, 0) is 24.0 Å². The molecule has 0 heterocycles. The number of anilines is 1. The predicted octanol–water partition coefficient (Wildman–Crippen LogP) is 2.49. The summed E-state index contributed by atoms with van der Waals surface area (Å²) in [6.07, 6.45) is 0.959. The fraction of sp³-hybridized carbons (Fsp3) is 0.417. The highest BCUT2D eigenvalue weighted by molar-refractivity contribution is 5.92. The lowest BCUT2D eigenvalue weighted by molar-refractivity contribution is 0.603. The second kappa shape index (κ2) is 3.98. The first-order valence-electron chi connectivity index (χ1n) is 5.44. The summed E-state index contributed by atoms with van der Waals surface area (Å²) in [5, 5.41) is 2.57. The Hall–Kier alpha value is -1.65. The van der Waals surface area contributed by atoms with Crippen molar-refractivity contribution in [3.05, 3.63) is 29.8 Å². The van der Waals surface area contributed by atoms with Crippen LogP contribution < -0.4 is 11.1 Å². The predicted molar refractivity (Wildman–Crippen MR) is 63.8 cm³/mol. The van der Waals surface area contributed by atoms with Gasteiger partial charge in [-0.25, -0.2) is 13.8 Å². The van der Waals surface area contributed by atoms with Gasteiger partial charge in [-0.15, -0.1) is 0 Å². The molecule has 1 atom stereocenters. The van der Waals surface area contributed by atoms with Gasteiger partial charge in [0.2, 0.25) is 0 Å². The standard InChI is InChI=1S/C12H15F2N3/c1-12(2)6-10(12)17-11(15)16-9-5-7(13)3-4-8(9)14/h3-5,10H,6H2,1-2H3,(H3,15,16,17)/t10-/m0/s1. The molecule has 5 heteroatoms. The maximum absolute atomic E-state index is 13.3. The molecule has 1 fully saturated rings. The van der Waals surface area contributed by atoms with E-state index in [-0.39, 0.29) is 23.1 Å². The minimum absolute atomic E-state index is 0.00436. The molecule has 1 aromatic carbocycles. The molecule has 0 saturated heterocycles. The van der Waals surface area contributed by atoms with E-state index in [9.17, 15) is 8.78 Å². The molecule has 1 aromatic rings. The summed E-state index contributed by atoms with van der Waals surface area (Å²) in [7, 11) is 0. The Balaban J connectivity index is 2.08. The molecule has 0 bridgehead atoms. The molecular weight excluding hydrogens is 224 g/mol. The lowest BCUT2D eigenvalue weighted by Gasteiger charge is -2.07. The van der Waals surface area contributed by atoms with E-state index in [2.05, 4.69) is 24.2 Å². The molecular formula is C12H15F2N3. The SMILES string of the molecule is CC1(C)C[C@@H]1N=C(N)Nc1cc(F)ccc1F. The second-order valence-corrected chi connectivity index (χ2v) is 4.97. The van der Waals surface area contributed by atoms with E-state index in [0.29, 0.717) is 0 Å². The van der Waals surface area contributed by atoms with Crippen LogP contribution in [-0.4, -0.2) is 12.0 Å². The molecule has 3 nitrogen and oxygen atoms in total. The van der Waals surface area contributed by atoms with Crippen LogP contribution in [0.3, 0.4) is 0 Å². The van der Waals surface area contributed by atoms with Crippen molar-refractivity contribution in [2.75, 3.05) is 5.32 Å². The summed E-state index contributed by atoms with van der Waals surface area (Å²) in [6.45, 7) is 4.16. The van der Waals surface area contributed by atoms with Crippen LogP contribution in [0.1, 0.15) is 20.3 Å². The largest absolute Gasteiger partial charge is 0.370 e. The number of benzene rings is 1. The van der Waals surface area contributed by atoms with E-state index in [0.717, 1.165) is 24.6 Å². The van der Waals surface area contributed by atoms with Crippen LogP contribution in [-0.2, 0) is 0 Å². The monoisotopic (exact) mass is 239 g/mol. The molecule has 0 spiro atoms. The maximum Gasteiger partial charge on any atom is 0.193 e. The van der Waals surface area contributed by atoms with Crippen LogP contribution in [0.2, 0.25) is 0 Å². The van der Waals surface area contributed by atoms with Gasteiger partial charge in [0.25, 0.3) is 0 Å². The van der Waals surface area contributed by atoms with Gasteiger partial charge in [-0.3, -0.25) is 0 Å². The summed E-state index contributed by atoms with van der Waals surface area (Å²) in [5.74, 6) is -0.960. The number of guanidine groups is 1. The van der Waals surface area contributed by atoms with Gasteiger partial charge in [-0.2, -0.15) is 0 Å². The number of hydrogen-bond donors (Lipinski definition) is 2. The van der Waals surface area contributed by atoms with Crippen molar-refractivity contribution in [3.8, 4) is 0 Å². The van der Waals surface area contributed by atoms with Crippen LogP contribution in [0.25, 0.3) is 0 Å². The van der Waals surface area contributed by atoms with E-state index < -0.39 is 11.6 Å². The average Bonchev–Trinajstić information content (AvgIpc) is 2.79. The summed E-state index contributed by atoms with van der Waals surface area (Å²) in [4.78, 5) is 4.20. The summed E-state index contributed by atoms with van der Waals surface area (Å²) in [5.41, 5.74) is 5.80. The molecule has 0 aromatic heterocycles. The van der Waals surface area contributed by atoms with E-state index >= 15 is 0 Å². The zero-order chi connectivity index (χ0) is 12.6. The third-order valence-corrected chi connectivity index (χ3v) is 2.95. The molecule has 3 N–H and O–H groups in total. The summed E-state index contributed by atoms with van der Waals surface area (Å²) in [6, 6.07) is 3.31. The Morgan fingerprint density at radius 1 is 1.47 bits per heavy atom. The van der Waals surface area contributed by atoms with Crippen LogP contribution in [0.4, 0.5) is 14.5 Å². The van der Waals surface area contributed by atoms with Gasteiger partial charge in [0.05, 0.1) is 11.7 Å².